The highest BCUT2D eigenvalue weighted by molar-refractivity contribution is 6.40. The maximum Gasteiger partial charge on any atom is 0.170 e. The molecule has 0 unspecified atom stereocenters. The lowest BCUT2D eigenvalue weighted by atomic mass is 10.3. The predicted octanol–water partition coefficient (Wildman–Crippen LogP) is 3.12. The van der Waals surface area contributed by atoms with E-state index >= 15 is 0 Å². The van der Waals surface area contributed by atoms with Crippen LogP contribution in [-0.2, 0) is 6.54 Å². The molecule has 0 radical (unpaired) electrons. The van der Waals surface area contributed by atoms with Gasteiger partial charge in [-0.15, -0.1) is 5.10 Å². The second kappa shape index (κ2) is 6.05. The van der Waals surface area contributed by atoms with Gasteiger partial charge < -0.3 is 5.32 Å². The molecule has 0 aliphatic rings. The average molecular weight is 321 g/mol. The Labute approximate surface area is 125 Å². The third-order valence-corrected chi connectivity index (χ3v) is 3.19. The third-order valence-electron chi connectivity index (χ3n) is 2.40. The van der Waals surface area contributed by atoms with Crippen molar-refractivity contribution in [1.29, 1.82) is 0 Å². The van der Waals surface area contributed by atoms with Gasteiger partial charge in [0.15, 0.2) is 5.82 Å². The summed E-state index contributed by atoms with van der Waals surface area (Å²) in [6.45, 7) is 4.59. The van der Waals surface area contributed by atoms with Crippen molar-refractivity contribution in [3.8, 4) is 5.69 Å². The Morgan fingerprint density at radius 3 is 2.42 bits per heavy atom. The maximum atomic E-state index is 6.16. The van der Waals surface area contributed by atoms with Crippen molar-refractivity contribution >= 4 is 34.8 Å². The van der Waals surface area contributed by atoms with Crippen LogP contribution < -0.4 is 5.32 Å². The summed E-state index contributed by atoms with van der Waals surface area (Å²) in [5.74, 6) is 0.625. The van der Waals surface area contributed by atoms with E-state index in [1.54, 1.807) is 12.1 Å². The highest BCUT2D eigenvalue weighted by Crippen LogP contribution is 2.31. The first-order valence-electron chi connectivity index (χ1n) is 5.64. The zero-order valence-electron chi connectivity index (χ0n) is 10.4. The lowest BCUT2D eigenvalue weighted by molar-refractivity contribution is 0.563. The fourth-order valence-corrected chi connectivity index (χ4v) is 2.50. The monoisotopic (exact) mass is 319 g/mol. The van der Waals surface area contributed by atoms with Gasteiger partial charge in [-0.25, -0.2) is 0 Å². The topological polar surface area (TPSA) is 55.6 Å². The Kier molecular flexibility index (Phi) is 4.62. The van der Waals surface area contributed by atoms with E-state index in [4.69, 9.17) is 34.8 Å². The fraction of sp³-hybridized carbons (Fsp3) is 0.364. The molecule has 1 aromatic carbocycles. The molecule has 2 rings (SSSR count). The van der Waals surface area contributed by atoms with Gasteiger partial charge in [0.05, 0.1) is 16.6 Å². The Morgan fingerprint density at radius 2 is 1.84 bits per heavy atom. The molecule has 1 N–H and O–H groups in total. The molecule has 102 valence electrons. The average Bonchev–Trinajstić information content (AvgIpc) is 2.73. The Balaban J connectivity index is 2.40. The van der Waals surface area contributed by atoms with Crippen LogP contribution in [0, 0.1) is 0 Å². The first-order valence-corrected chi connectivity index (χ1v) is 6.78. The van der Waals surface area contributed by atoms with Crippen LogP contribution in [0.5, 0.6) is 0 Å². The zero-order valence-corrected chi connectivity index (χ0v) is 12.6. The summed E-state index contributed by atoms with van der Waals surface area (Å²) in [5, 5.41) is 16.0. The lowest BCUT2D eigenvalue weighted by Gasteiger charge is -2.11. The van der Waals surface area contributed by atoms with Gasteiger partial charge >= 0.3 is 0 Å². The van der Waals surface area contributed by atoms with Crippen LogP contribution in [0.2, 0.25) is 15.1 Å². The molecule has 0 aliphatic carbocycles. The van der Waals surface area contributed by atoms with E-state index in [0.29, 0.717) is 39.2 Å². The SMILES string of the molecule is CC(C)NCc1nnnn1-c1c(Cl)cc(Cl)cc1Cl. The van der Waals surface area contributed by atoms with Gasteiger partial charge in [-0.2, -0.15) is 4.68 Å². The highest BCUT2D eigenvalue weighted by atomic mass is 35.5. The second-order valence-corrected chi connectivity index (χ2v) is 5.51. The first kappa shape index (κ1) is 14.5. The molecular formula is C11H12Cl3N5. The minimum Gasteiger partial charge on any atom is -0.308 e. The zero-order chi connectivity index (χ0) is 14.0. The molecule has 0 spiro atoms. The van der Waals surface area contributed by atoms with Gasteiger partial charge in [0.1, 0.15) is 5.69 Å². The van der Waals surface area contributed by atoms with Crippen LogP contribution in [0.15, 0.2) is 12.1 Å². The van der Waals surface area contributed by atoms with Gasteiger partial charge in [-0.1, -0.05) is 48.7 Å². The molecule has 0 aliphatic heterocycles. The summed E-state index contributed by atoms with van der Waals surface area (Å²) in [7, 11) is 0. The van der Waals surface area contributed by atoms with Crippen molar-refractivity contribution in [2.75, 3.05) is 0 Å². The summed E-state index contributed by atoms with van der Waals surface area (Å²) in [4.78, 5) is 0. The smallest absolute Gasteiger partial charge is 0.170 e. The molecule has 1 aromatic heterocycles. The normalized spacial score (nSPS) is 11.3. The van der Waals surface area contributed by atoms with Crippen molar-refractivity contribution in [1.82, 2.24) is 25.5 Å². The number of nitrogens with one attached hydrogen (secondary N) is 1. The van der Waals surface area contributed by atoms with Gasteiger partial charge in [0, 0.05) is 11.1 Å². The van der Waals surface area contributed by atoms with Crippen LogP contribution in [0.4, 0.5) is 0 Å². The number of hydrogen-bond acceptors (Lipinski definition) is 4. The molecule has 8 heteroatoms. The van der Waals surface area contributed by atoms with E-state index in [1.807, 2.05) is 13.8 Å². The van der Waals surface area contributed by atoms with Crippen molar-refractivity contribution < 1.29 is 0 Å². The van der Waals surface area contributed by atoms with Crippen LogP contribution >= 0.6 is 34.8 Å². The molecule has 0 bridgehead atoms. The van der Waals surface area contributed by atoms with Crippen molar-refractivity contribution in [3.05, 3.63) is 33.0 Å². The lowest BCUT2D eigenvalue weighted by Crippen LogP contribution is -2.24. The van der Waals surface area contributed by atoms with E-state index in [1.165, 1.54) is 4.68 Å². The molecule has 0 fully saturated rings. The van der Waals surface area contributed by atoms with E-state index in [-0.39, 0.29) is 0 Å². The van der Waals surface area contributed by atoms with Gasteiger partial charge in [-0.3, -0.25) is 0 Å². The van der Waals surface area contributed by atoms with Crippen LogP contribution in [-0.4, -0.2) is 26.2 Å². The standard InChI is InChI=1S/C11H12Cl3N5/c1-6(2)15-5-10-16-17-18-19(10)11-8(13)3-7(12)4-9(11)14/h3-4,6,15H,5H2,1-2H3. The Hall–Kier alpha value is -0.880. The number of aromatic nitrogens is 4. The van der Waals surface area contributed by atoms with E-state index in [0.717, 1.165) is 0 Å². The molecule has 0 saturated carbocycles. The van der Waals surface area contributed by atoms with Crippen molar-refractivity contribution in [2.45, 2.75) is 26.4 Å². The fourth-order valence-electron chi connectivity index (χ4n) is 1.52. The predicted molar refractivity (Wildman–Crippen MR) is 76.2 cm³/mol. The van der Waals surface area contributed by atoms with Gasteiger partial charge in [-0.05, 0) is 22.6 Å². The number of rotatable bonds is 4. The van der Waals surface area contributed by atoms with Crippen LogP contribution in [0.25, 0.3) is 5.69 Å². The summed E-state index contributed by atoms with van der Waals surface area (Å²) in [5.41, 5.74) is 0.526. The Morgan fingerprint density at radius 1 is 1.21 bits per heavy atom. The van der Waals surface area contributed by atoms with Crippen LogP contribution in [0.1, 0.15) is 19.7 Å². The minimum atomic E-state index is 0.321. The minimum absolute atomic E-state index is 0.321. The molecule has 0 saturated heterocycles. The summed E-state index contributed by atoms with van der Waals surface area (Å²) >= 11 is 18.2. The van der Waals surface area contributed by atoms with Crippen LogP contribution in [0.3, 0.4) is 0 Å². The summed E-state index contributed by atoms with van der Waals surface area (Å²) < 4.78 is 1.51. The van der Waals surface area contributed by atoms with Gasteiger partial charge in [0.25, 0.3) is 0 Å². The maximum absolute atomic E-state index is 6.16. The number of hydrogen-bond donors (Lipinski definition) is 1. The first-order chi connectivity index (χ1) is 8.99. The molecule has 19 heavy (non-hydrogen) atoms. The molecule has 1 heterocycles. The van der Waals surface area contributed by atoms with Gasteiger partial charge in [0.2, 0.25) is 0 Å². The third kappa shape index (κ3) is 3.36. The summed E-state index contributed by atoms with van der Waals surface area (Å²) in [6, 6.07) is 3.53. The number of halogens is 3. The molecule has 2 aromatic rings. The Bertz CT molecular complexity index is 558. The number of nitrogens with zero attached hydrogens (tertiary/aromatic N) is 4. The highest BCUT2D eigenvalue weighted by Gasteiger charge is 2.15. The second-order valence-electron chi connectivity index (χ2n) is 4.26. The summed E-state index contributed by atoms with van der Waals surface area (Å²) in [6.07, 6.45) is 0. The van der Waals surface area contributed by atoms with E-state index in [2.05, 4.69) is 20.8 Å². The van der Waals surface area contributed by atoms with E-state index < -0.39 is 0 Å². The molecular weight excluding hydrogens is 309 g/mol. The molecule has 5 nitrogen and oxygen atoms in total. The largest absolute Gasteiger partial charge is 0.308 e. The molecule has 0 atom stereocenters. The number of tetrazole rings is 1. The quantitative estimate of drug-likeness (QED) is 0.940. The van der Waals surface area contributed by atoms with Crippen molar-refractivity contribution in [3.63, 3.8) is 0 Å². The van der Waals surface area contributed by atoms with E-state index in [9.17, 15) is 0 Å². The van der Waals surface area contributed by atoms with Crippen molar-refractivity contribution in [2.24, 2.45) is 0 Å². The molecule has 0 amide bonds. The number of benzene rings is 1.